The smallest absolute Gasteiger partial charge is 0.350 e. The van der Waals surface area contributed by atoms with Crippen LogP contribution in [0.25, 0.3) is 0 Å². The predicted molar refractivity (Wildman–Crippen MR) is 88.1 cm³/mol. The first-order chi connectivity index (χ1) is 11.9. The molecule has 2 aromatic heterocycles. The number of rotatable bonds is 5. The maximum Gasteiger partial charge on any atom is 0.389 e. The standard InChI is InChI=1S/C17H20F3N5/c1-11-15(14-4-6-21-8-12(14)9-23-11)10-24-16-22-7-3-13(25-16)2-5-17(18,19)20/h3,7,9,21H,2,4-6,8,10H2,1H3,(H,22,24,25). The van der Waals surface area contributed by atoms with Crippen LogP contribution in [-0.4, -0.2) is 27.7 Å². The molecule has 0 saturated carbocycles. The summed E-state index contributed by atoms with van der Waals surface area (Å²) in [6.07, 6.45) is -0.898. The number of anilines is 1. The van der Waals surface area contributed by atoms with E-state index in [1.165, 1.54) is 23.4 Å². The zero-order valence-corrected chi connectivity index (χ0v) is 14.0. The summed E-state index contributed by atoms with van der Waals surface area (Å²) in [7, 11) is 0. The normalized spacial score (nSPS) is 14.2. The summed E-state index contributed by atoms with van der Waals surface area (Å²) in [5.74, 6) is 0.339. The van der Waals surface area contributed by atoms with Crippen molar-refractivity contribution < 1.29 is 13.2 Å². The highest BCUT2D eigenvalue weighted by molar-refractivity contribution is 5.40. The van der Waals surface area contributed by atoms with Crippen molar-refractivity contribution in [2.75, 3.05) is 11.9 Å². The number of fused-ring (bicyclic) bond motifs is 1. The predicted octanol–water partition coefficient (Wildman–Crippen LogP) is 2.93. The summed E-state index contributed by atoms with van der Waals surface area (Å²) < 4.78 is 37.0. The Hall–Kier alpha value is -2.22. The number of aryl methyl sites for hydroxylation is 2. The Labute approximate surface area is 144 Å². The van der Waals surface area contributed by atoms with Gasteiger partial charge >= 0.3 is 6.18 Å². The number of hydrogen-bond donors (Lipinski definition) is 2. The Kier molecular flexibility index (Phi) is 5.17. The van der Waals surface area contributed by atoms with Gasteiger partial charge in [-0.1, -0.05) is 0 Å². The van der Waals surface area contributed by atoms with E-state index >= 15 is 0 Å². The van der Waals surface area contributed by atoms with E-state index in [0.717, 1.165) is 30.8 Å². The van der Waals surface area contributed by atoms with Gasteiger partial charge in [0.25, 0.3) is 0 Å². The van der Waals surface area contributed by atoms with E-state index in [1.807, 2.05) is 13.1 Å². The van der Waals surface area contributed by atoms with E-state index in [4.69, 9.17) is 0 Å². The SMILES string of the molecule is Cc1ncc2c(c1CNc1nccc(CCC(F)(F)F)n1)CCNC2. The second kappa shape index (κ2) is 7.35. The third kappa shape index (κ3) is 4.66. The number of hydrogen-bond acceptors (Lipinski definition) is 5. The lowest BCUT2D eigenvalue weighted by Crippen LogP contribution is -2.26. The van der Waals surface area contributed by atoms with Gasteiger partial charge in [0.1, 0.15) is 0 Å². The Morgan fingerprint density at radius 1 is 1.28 bits per heavy atom. The highest BCUT2D eigenvalue weighted by Crippen LogP contribution is 2.23. The molecule has 0 bridgehead atoms. The third-order valence-electron chi connectivity index (χ3n) is 4.27. The van der Waals surface area contributed by atoms with Crippen LogP contribution in [0.5, 0.6) is 0 Å². The number of nitrogens with one attached hydrogen (secondary N) is 2. The maximum absolute atomic E-state index is 12.3. The van der Waals surface area contributed by atoms with Crippen molar-refractivity contribution in [1.29, 1.82) is 0 Å². The zero-order valence-electron chi connectivity index (χ0n) is 14.0. The maximum atomic E-state index is 12.3. The molecule has 3 heterocycles. The van der Waals surface area contributed by atoms with Gasteiger partial charge in [0, 0.05) is 43.3 Å². The number of halogens is 3. The Balaban J connectivity index is 1.70. The molecule has 0 fully saturated rings. The fourth-order valence-electron chi connectivity index (χ4n) is 2.94. The average molecular weight is 351 g/mol. The van der Waals surface area contributed by atoms with Crippen LogP contribution in [0.3, 0.4) is 0 Å². The lowest BCUT2D eigenvalue weighted by atomic mass is 9.96. The highest BCUT2D eigenvalue weighted by Gasteiger charge is 2.26. The second-order valence-corrected chi connectivity index (χ2v) is 6.09. The molecule has 0 aliphatic carbocycles. The van der Waals surface area contributed by atoms with E-state index in [1.54, 1.807) is 0 Å². The number of aromatic nitrogens is 3. The van der Waals surface area contributed by atoms with Crippen molar-refractivity contribution in [3.8, 4) is 0 Å². The first kappa shape index (κ1) is 17.6. The van der Waals surface area contributed by atoms with Gasteiger partial charge in [-0.05, 0) is 49.1 Å². The van der Waals surface area contributed by atoms with Crippen molar-refractivity contribution in [1.82, 2.24) is 20.3 Å². The Bertz CT molecular complexity index is 746. The first-order valence-corrected chi connectivity index (χ1v) is 8.22. The van der Waals surface area contributed by atoms with E-state index in [9.17, 15) is 13.2 Å². The first-order valence-electron chi connectivity index (χ1n) is 8.22. The molecule has 0 atom stereocenters. The van der Waals surface area contributed by atoms with Crippen molar-refractivity contribution in [2.24, 2.45) is 0 Å². The van der Waals surface area contributed by atoms with Gasteiger partial charge in [0.2, 0.25) is 5.95 Å². The van der Waals surface area contributed by atoms with E-state index in [-0.39, 0.29) is 6.42 Å². The zero-order chi connectivity index (χ0) is 17.9. The summed E-state index contributed by atoms with van der Waals surface area (Å²) in [6, 6.07) is 1.51. The quantitative estimate of drug-likeness (QED) is 0.867. The fraction of sp³-hybridized carbons (Fsp3) is 0.471. The van der Waals surface area contributed by atoms with Crippen molar-refractivity contribution >= 4 is 5.95 Å². The highest BCUT2D eigenvalue weighted by atomic mass is 19.4. The van der Waals surface area contributed by atoms with Gasteiger partial charge in [-0.3, -0.25) is 4.98 Å². The molecule has 2 N–H and O–H groups in total. The molecule has 8 heteroatoms. The van der Waals surface area contributed by atoms with Gasteiger partial charge in [-0.25, -0.2) is 9.97 Å². The lowest BCUT2D eigenvalue weighted by molar-refractivity contribution is -0.134. The van der Waals surface area contributed by atoms with E-state index in [2.05, 4.69) is 25.6 Å². The van der Waals surface area contributed by atoms with Crippen molar-refractivity contribution in [2.45, 2.75) is 45.5 Å². The van der Waals surface area contributed by atoms with Crippen molar-refractivity contribution in [3.63, 3.8) is 0 Å². The molecule has 0 amide bonds. The molecule has 0 unspecified atom stereocenters. The molecule has 5 nitrogen and oxygen atoms in total. The number of nitrogens with zero attached hydrogens (tertiary/aromatic N) is 3. The molecular weight excluding hydrogens is 331 g/mol. The Morgan fingerprint density at radius 3 is 2.92 bits per heavy atom. The minimum absolute atomic E-state index is 0.145. The third-order valence-corrected chi connectivity index (χ3v) is 4.27. The fourth-order valence-corrected chi connectivity index (χ4v) is 2.94. The van der Waals surface area contributed by atoms with Crippen LogP contribution in [0.2, 0.25) is 0 Å². The largest absolute Gasteiger partial charge is 0.389 e. The molecule has 134 valence electrons. The molecule has 0 aromatic carbocycles. The molecule has 3 rings (SSSR count). The van der Waals surface area contributed by atoms with Crippen molar-refractivity contribution in [3.05, 3.63) is 46.5 Å². The molecule has 2 aromatic rings. The van der Waals surface area contributed by atoms with Crippen LogP contribution in [0.4, 0.5) is 19.1 Å². The molecule has 1 aliphatic rings. The van der Waals surface area contributed by atoms with Gasteiger partial charge in [0.15, 0.2) is 0 Å². The second-order valence-electron chi connectivity index (χ2n) is 6.09. The lowest BCUT2D eigenvalue weighted by Gasteiger charge is -2.21. The topological polar surface area (TPSA) is 62.7 Å². The Morgan fingerprint density at radius 2 is 2.12 bits per heavy atom. The molecule has 0 saturated heterocycles. The minimum atomic E-state index is -4.18. The summed E-state index contributed by atoms with van der Waals surface area (Å²) in [6.45, 7) is 4.19. The van der Waals surface area contributed by atoms with Crippen LogP contribution in [0, 0.1) is 6.92 Å². The van der Waals surface area contributed by atoms with Gasteiger partial charge < -0.3 is 10.6 Å². The summed E-state index contributed by atoms with van der Waals surface area (Å²) >= 11 is 0. The average Bonchev–Trinajstić information content (AvgIpc) is 2.59. The van der Waals surface area contributed by atoms with Gasteiger partial charge in [-0.15, -0.1) is 0 Å². The number of alkyl halides is 3. The van der Waals surface area contributed by atoms with Crippen LogP contribution >= 0.6 is 0 Å². The van der Waals surface area contributed by atoms with Gasteiger partial charge in [-0.2, -0.15) is 13.2 Å². The van der Waals surface area contributed by atoms with Crippen LogP contribution in [0.1, 0.15) is 34.5 Å². The monoisotopic (exact) mass is 351 g/mol. The molecule has 0 spiro atoms. The summed E-state index contributed by atoms with van der Waals surface area (Å²) in [5.41, 5.74) is 4.91. The summed E-state index contributed by atoms with van der Waals surface area (Å²) in [4.78, 5) is 12.7. The molecular formula is C17H20F3N5. The van der Waals surface area contributed by atoms with Crippen LogP contribution < -0.4 is 10.6 Å². The van der Waals surface area contributed by atoms with Crippen LogP contribution in [0.15, 0.2) is 18.5 Å². The molecule has 25 heavy (non-hydrogen) atoms. The van der Waals surface area contributed by atoms with Gasteiger partial charge in [0.05, 0.1) is 0 Å². The van der Waals surface area contributed by atoms with Crippen LogP contribution in [-0.2, 0) is 25.9 Å². The molecule has 0 radical (unpaired) electrons. The summed E-state index contributed by atoms with van der Waals surface area (Å²) in [5, 5.41) is 6.44. The molecule has 1 aliphatic heterocycles. The van der Waals surface area contributed by atoms with E-state index in [0.29, 0.717) is 18.2 Å². The minimum Gasteiger partial charge on any atom is -0.350 e. The van der Waals surface area contributed by atoms with E-state index < -0.39 is 12.6 Å². The number of pyridine rings is 1.